The molecule has 0 spiro atoms. The fraction of sp³-hybridized carbons (Fsp3) is 0.818. The van der Waals surface area contributed by atoms with Gasteiger partial charge in [-0.25, -0.2) is 4.98 Å². The van der Waals surface area contributed by atoms with Gasteiger partial charge in [-0.05, 0) is 26.2 Å². The Labute approximate surface area is 99.6 Å². The van der Waals surface area contributed by atoms with E-state index >= 15 is 0 Å². The number of ether oxygens (including phenoxy) is 1. The van der Waals surface area contributed by atoms with Crippen LogP contribution in [0.25, 0.3) is 0 Å². The average molecular weight is 239 g/mol. The van der Waals surface area contributed by atoms with Crippen molar-refractivity contribution in [3.05, 3.63) is 5.82 Å². The molecule has 4 nitrogen and oxygen atoms in total. The molecule has 2 heterocycles. The van der Waals surface area contributed by atoms with Crippen molar-refractivity contribution in [1.82, 2.24) is 9.36 Å². The first-order valence-electron chi connectivity index (χ1n) is 6.02. The van der Waals surface area contributed by atoms with E-state index in [2.05, 4.69) is 21.6 Å². The minimum atomic E-state index is 0.378. The first kappa shape index (κ1) is 10.5. The van der Waals surface area contributed by atoms with Crippen molar-refractivity contribution in [2.24, 2.45) is 5.92 Å². The molecule has 0 amide bonds. The van der Waals surface area contributed by atoms with E-state index in [1.54, 1.807) is 0 Å². The van der Waals surface area contributed by atoms with Crippen molar-refractivity contribution in [2.75, 3.05) is 18.5 Å². The van der Waals surface area contributed by atoms with Crippen LogP contribution in [0.5, 0.6) is 0 Å². The van der Waals surface area contributed by atoms with E-state index < -0.39 is 0 Å². The van der Waals surface area contributed by atoms with Gasteiger partial charge in [0.15, 0.2) is 0 Å². The summed E-state index contributed by atoms with van der Waals surface area (Å²) in [6.07, 6.45) is 4.07. The SMILES string of the molecule is CC1OCCC1CNc1nc(C2CC2)ns1. The summed E-state index contributed by atoms with van der Waals surface area (Å²) < 4.78 is 9.91. The van der Waals surface area contributed by atoms with Gasteiger partial charge in [-0.15, -0.1) is 0 Å². The maximum Gasteiger partial charge on any atom is 0.202 e. The molecule has 5 heteroatoms. The van der Waals surface area contributed by atoms with E-state index in [4.69, 9.17) is 4.74 Å². The normalized spacial score (nSPS) is 29.6. The van der Waals surface area contributed by atoms with Crippen LogP contribution in [0.3, 0.4) is 0 Å². The minimum Gasteiger partial charge on any atom is -0.378 e. The van der Waals surface area contributed by atoms with Crippen molar-refractivity contribution < 1.29 is 4.74 Å². The second-order valence-corrected chi connectivity index (χ2v) is 5.49. The predicted octanol–water partition coefficient (Wildman–Crippen LogP) is 2.25. The molecule has 2 fully saturated rings. The van der Waals surface area contributed by atoms with E-state index in [0.29, 0.717) is 17.9 Å². The van der Waals surface area contributed by atoms with Crippen LogP contribution >= 0.6 is 11.5 Å². The summed E-state index contributed by atoms with van der Waals surface area (Å²) in [5.74, 6) is 2.32. The van der Waals surface area contributed by atoms with Crippen molar-refractivity contribution in [1.29, 1.82) is 0 Å². The van der Waals surface area contributed by atoms with Crippen molar-refractivity contribution in [3.63, 3.8) is 0 Å². The molecule has 2 atom stereocenters. The number of anilines is 1. The Balaban J connectivity index is 1.53. The number of aromatic nitrogens is 2. The van der Waals surface area contributed by atoms with Gasteiger partial charge in [0.25, 0.3) is 0 Å². The fourth-order valence-electron chi connectivity index (χ4n) is 2.08. The van der Waals surface area contributed by atoms with Crippen molar-refractivity contribution in [3.8, 4) is 0 Å². The van der Waals surface area contributed by atoms with Crippen LogP contribution in [-0.2, 0) is 4.74 Å². The number of rotatable bonds is 4. The highest BCUT2D eigenvalue weighted by atomic mass is 32.1. The summed E-state index contributed by atoms with van der Waals surface area (Å²) in [4.78, 5) is 4.51. The van der Waals surface area contributed by atoms with Gasteiger partial charge < -0.3 is 10.1 Å². The highest BCUT2D eigenvalue weighted by Gasteiger charge is 2.28. The second kappa shape index (κ2) is 4.30. The third-order valence-electron chi connectivity index (χ3n) is 3.43. The molecule has 1 saturated heterocycles. The summed E-state index contributed by atoms with van der Waals surface area (Å²) in [6.45, 7) is 4.01. The van der Waals surface area contributed by atoms with E-state index in [1.807, 2.05) is 0 Å². The molecule has 3 rings (SSSR count). The molecule has 16 heavy (non-hydrogen) atoms. The monoisotopic (exact) mass is 239 g/mol. The Bertz CT molecular complexity index is 364. The Morgan fingerprint density at radius 2 is 2.31 bits per heavy atom. The Morgan fingerprint density at radius 3 is 3.00 bits per heavy atom. The molecule has 0 bridgehead atoms. The number of hydrogen-bond donors (Lipinski definition) is 1. The van der Waals surface area contributed by atoms with Gasteiger partial charge in [0.05, 0.1) is 6.10 Å². The van der Waals surface area contributed by atoms with Crippen molar-refractivity contribution >= 4 is 16.7 Å². The van der Waals surface area contributed by atoms with E-state index in [1.165, 1.54) is 24.4 Å². The van der Waals surface area contributed by atoms with Crippen LogP contribution in [0, 0.1) is 5.92 Å². The molecule has 1 saturated carbocycles. The lowest BCUT2D eigenvalue weighted by atomic mass is 10.0. The second-order valence-electron chi connectivity index (χ2n) is 4.74. The van der Waals surface area contributed by atoms with E-state index in [-0.39, 0.29) is 0 Å². The van der Waals surface area contributed by atoms with Gasteiger partial charge in [0, 0.05) is 36.5 Å². The fourth-order valence-corrected chi connectivity index (χ4v) is 2.73. The molecule has 0 aromatic carbocycles. The molecule has 2 unspecified atom stereocenters. The maximum atomic E-state index is 5.53. The lowest BCUT2D eigenvalue weighted by Crippen LogP contribution is -2.20. The van der Waals surface area contributed by atoms with Gasteiger partial charge in [0.1, 0.15) is 5.82 Å². The van der Waals surface area contributed by atoms with Crippen LogP contribution in [0.2, 0.25) is 0 Å². The summed E-state index contributed by atoms with van der Waals surface area (Å²) in [5.41, 5.74) is 0. The summed E-state index contributed by atoms with van der Waals surface area (Å²) >= 11 is 1.49. The van der Waals surface area contributed by atoms with E-state index in [9.17, 15) is 0 Å². The largest absolute Gasteiger partial charge is 0.378 e. The van der Waals surface area contributed by atoms with Gasteiger partial charge in [-0.3, -0.25) is 0 Å². The maximum absolute atomic E-state index is 5.53. The van der Waals surface area contributed by atoms with E-state index in [0.717, 1.165) is 30.5 Å². The van der Waals surface area contributed by atoms with Gasteiger partial charge in [-0.2, -0.15) is 4.37 Å². The molecule has 0 radical (unpaired) electrons. The number of nitrogens with one attached hydrogen (secondary N) is 1. The molecule has 1 aromatic rings. The van der Waals surface area contributed by atoms with Crippen molar-refractivity contribution in [2.45, 2.75) is 38.2 Å². The van der Waals surface area contributed by atoms with Gasteiger partial charge in [0.2, 0.25) is 5.13 Å². The van der Waals surface area contributed by atoms with Crippen LogP contribution in [0.15, 0.2) is 0 Å². The Kier molecular flexibility index (Phi) is 2.81. The summed E-state index contributed by atoms with van der Waals surface area (Å²) in [6, 6.07) is 0. The highest BCUT2D eigenvalue weighted by molar-refractivity contribution is 7.09. The Morgan fingerprint density at radius 1 is 1.44 bits per heavy atom. The standard InChI is InChI=1S/C11H17N3OS/c1-7-9(4-5-15-7)6-12-11-13-10(14-16-11)8-2-3-8/h7-9H,2-6H2,1H3,(H,12,13,14). The molecule has 1 aromatic heterocycles. The molecular weight excluding hydrogens is 222 g/mol. The Hall–Kier alpha value is -0.680. The molecule has 2 aliphatic rings. The zero-order valence-electron chi connectivity index (χ0n) is 9.48. The average Bonchev–Trinajstić information content (AvgIpc) is 2.89. The molecular formula is C11H17N3OS. The lowest BCUT2D eigenvalue weighted by Gasteiger charge is -2.13. The molecule has 1 aliphatic carbocycles. The van der Waals surface area contributed by atoms with Crippen LogP contribution in [0.4, 0.5) is 5.13 Å². The smallest absolute Gasteiger partial charge is 0.202 e. The quantitative estimate of drug-likeness (QED) is 0.875. The number of hydrogen-bond acceptors (Lipinski definition) is 5. The number of nitrogens with zero attached hydrogens (tertiary/aromatic N) is 2. The molecule has 1 N–H and O–H groups in total. The van der Waals surface area contributed by atoms with Gasteiger partial charge >= 0.3 is 0 Å². The van der Waals surface area contributed by atoms with Crippen LogP contribution in [0.1, 0.15) is 37.9 Å². The third kappa shape index (κ3) is 2.20. The minimum absolute atomic E-state index is 0.378. The highest BCUT2D eigenvalue weighted by Crippen LogP contribution is 2.39. The predicted molar refractivity (Wildman–Crippen MR) is 63.9 cm³/mol. The van der Waals surface area contributed by atoms with Crippen LogP contribution < -0.4 is 5.32 Å². The van der Waals surface area contributed by atoms with Crippen LogP contribution in [-0.4, -0.2) is 28.6 Å². The summed E-state index contributed by atoms with van der Waals surface area (Å²) in [7, 11) is 0. The molecule has 88 valence electrons. The van der Waals surface area contributed by atoms with Gasteiger partial charge in [-0.1, -0.05) is 0 Å². The topological polar surface area (TPSA) is 47.0 Å². The zero-order valence-corrected chi connectivity index (χ0v) is 10.3. The summed E-state index contributed by atoms with van der Waals surface area (Å²) in [5, 5.41) is 4.36. The first-order valence-corrected chi connectivity index (χ1v) is 6.79. The zero-order chi connectivity index (χ0) is 11.0. The third-order valence-corrected chi connectivity index (χ3v) is 4.12. The lowest BCUT2D eigenvalue weighted by molar-refractivity contribution is 0.108. The molecule has 1 aliphatic heterocycles. The first-order chi connectivity index (χ1) is 7.83.